The SMILES string of the molecule is CC(C)(C)C1CCC(N(Cc2ccc(C(=O)Nc3ccc4c(c3)C(O)NC4=O)cc2)C(=O)Nc2cc(Cl)cc(Cl)c2)CC1. The molecule has 226 valence electrons. The van der Waals surface area contributed by atoms with Gasteiger partial charge in [0.1, 0.15) is 0 Å². The van der Waals surface area contributed by atoms with Crippen LogP contribution in [-0.4, -0.2) is 33.9 Å². The first-order valence-corrected chi connectivity index (χ1v) is 15.2. The Morgan fingerprint density at radius 2 is 1.56 bits per heavy atom. The number of amides is 4. The Balaban J connectivity index is 1.29. The molecule has 1 aliphatic heterocycles. The summed E-state index contributed by atoms with van der Waals surface area (Å²) in [5.41, 5.74) is 3.36. The van der Waals surface area contributed by atoms with E-state index in [0.29, 0.717) is 50.6 Å². The zero-order valence-electron chi connectivity index (χ0n) is 24.4. The van der Waals surface area contributed by atoms with Crippen molar-refractivity contribution in [3.05, 3.63) is 93.0 Å². The Bertz CT molecular complexity index is 1510. The molecule has 0 saturated heterocycles. The van der Waals surface area contributed by atoms with Crippen molar-refractivity contribution in [1.82, 2.24) is 10.2 Å². The Labute approximate surface area is 261 Å². The molecule has 0 bridgehead atoms. The van der Waals surface area contributed by atoms with E-state index in [4.69, 9.17) is 23.2 Å². The summed E-state index contributed by atoms with van der Waals surface area (Å²) in [6, 6.07) is 16.7. The van der Waals surface area contributed by atoms with Gasteiger partial charge in [-0.2, -0.15) is 0 Å². The van der Waals surface area contributed by atoms with Crippen LogP contribution in [0.15, 0.2) is 60.7 Å². The second-order valence-corrected chi connectivity index (χ2v) is 13.3. The highest BCUT2D eigenvalue weighted by Gasteiger charge is 2.34. The third-order valence-corrected chi connectivity index (χ3v) is 8.86. The van der Waals surface area contributed by atoms with Crippen molar-refractivity contribution in [2.75, 3.05) is 10.6 Å². The summed E-state index contributed by atoms with van der Waals surface area (Å²) in [6.07, 6.45) is 2.80. The third kappa shape index (κ3) is 7.32. The van der Waals surface area contributed by atoms with Gasteiger partial charge in [0.2, 0.25) is 0 Å². The van der Waals surface area contributed by atoms with Crippen LogP contribution in [0.5, 0.6) is 0 Å². The van der Waals surface area contributed by atoms with Crippen LogP contribution in [0.25, 0.3) is 0 Å². The molecule has 10 heteroatoms. The monoisotopic (exact) mass is 622 g/mol. The normalized spacial score (nSPS) is 19.8. The van der Waals surface area contributed by atoms with Crippen molar-refractivity contribution in [1.29, 1.82) is 0 Å². The second kappa shape index (κ2) is 12.6. The van der Waals surface area contributed by atoms with E-state index >= 15 is 0 Å². The fourth-order valence-corrected chi connectivity index (χ4v) is 6.48. The van der Waals surface area contributed by atoms with Crippen LogP contribution in [-0.2, 0) is 6.54 Å². The van der Waals surface area contributed by atoms with E-state index in [1.54, 1.807) is 48.5 Å². The molecule has 1 fully saturated rings. The van der Waals surface area contributed by atoms with Gasteiger partial charge in [0.15, 0.2) is 6.23 Å². The minimum Gasteiger partial charge on any atom is -0.369 e. The van der Waals surface area contributed by atoms with Crippen molar-refractivity contribution in [3.63, 3.8) is 0 Å². The Hall–Kier alpha value is -3.59. The Kier molecular flexibility index (Phi) is 9.02. The van der Waals surface area contributed by atoms with E-state index < -0.39 is 6.23 Å². The number of carbonyl (C=O) groups is 3. The van der Waals surface area contributed by atoms with Crippen molar-refractivity contribution in [2.24, 2.45) is 11.3 Å². The zero-order chi connectivity index (χ0) is 30.9. The van der Waals surface area contributed by atoms with E-state index in [1.807, 2.05) is 17.0 Å². The van der Waals surface area contributed by atoms with Crippen LogP contribution in [0.1, 0.15) is 84.5 Å². The number of aliphatic hydroxyl groups excluding tert-OH is 1. The molecule has 3 aromatic carbocycles. The van der Waals surface area contributed by atoms with E-state index in [-0.39, 0.29) is 29.3 Å². The molecule has 43 heavy (non-hydrogen) atoms. The molecule has 1 heterocycles. The molecule has 0 spiro atoms. The molecule has 1 atom stereocenters. The van der Waals surface area contributed by atoms with E-state index in [1.165, 1.54) is 0 Å². The van der Waals surface area contributed by atoms with Gasteiger partial charge in [-0.15, -0.1) is 0 Å². The van der Waals surface area contributed by atoms with Gasteiger partial charge in [-0.25, -0.2) is 4.79 Å². The molecule has 0 radical (unpaired) electrons. The highest BCUT2D eigenvalue weighted by molar-refractivity contribution is 6.35. The minimum absolute atomic E-state index is 0.0627. The van der Waals surface area contributed by atoms with Crippen molar-refractivity contribution in [2.45, 2.75) is 65.3 Å². The maximum Gasteiger partial charge on any atom is 0.322 e. The number of carbonyl (C=O) groups excluding carboxylic acids is 3. The number of rotatable bonds is 6. The molecule has 0 aromatic heterocycles. The first-order valence-electron chi connectivity index (χ1n) is 14.4. The lowest BCUT2D eigenvalue weighted by molar-refractivity contribution is 0.0850. The van der Waals surface area contributed by atoms with Gasteiger partial charge in [0.25, 0.3) is 11.8 Å². The summed E-state index contributed by atoms with van der Waals surface area (Å²) >= 11 is 12.3. The molecule has 1 saturated carbocycles. The number of benzene rings is 3. The Morgan fingerprint density at radius 3 is 2.19 bits per heavy atom. The van der Waals surface area contributed by atoms with Gasteiger partial charge in [-0.1, -0.05) is 56.1 Å². The molecule has 4 N–H and O–H groups in total. The Morgan fingerprint density at radius 1 is 0.907 bits per heavy atom. The lowest BCUT2D eigenvalue weighted by Crippen LogP contribution is -2.45. The van der Waals surface area contributed by atoms with Gasteiger partial charge >= 0.3 is 6.03 Å². The molecule has 1 aliphatic carbocycles. The highest BCUT2D eigenvalue weighted by atomic mass is 35.5. The summed E-state index contributed by atoms with van der Waals surface area (Å²) < 4.78 is 0. The van der Waals surface area contributed by atoms with Gasteiger partial charge in [0.05, 0.1) is 0 Å². The maximum atomic E-state index is 13.6. The maximum absolute atomic E-state index is 13.6. The van der Waals surface area contributed by atoms with Crippen LogP contribution < -0.4 is 16.0 Å². The average molecular weight is 624 g/mol. The molecule has 4 amide bonds. The van der Waals surface area contributed by atoms with Gasteiger partial charge in [0, 0.05) is 50.7 Å². The number of anilines is 2. The van der Waals surface area contributed by atoms with Crippen LogP contribution in [0.2, 0.25) is 10.0 Å². The minimum atomic E-state index is -1.10. The summed E-state index contributed by atoms with van der Waals surface area (Å²) in [7, 11) is 0. The molecular weight excluding hydrogens is 587 g/mol. The first kappa shape index (κ1) is 30.9. The van der Waals surface area contributed by atoms with Crippen LogP contribution in [0.3, 0.4) is 0 Å². The van der Waals surface area contributed by atoms with Gasteiger partial charge in [-0.3, -0.25) is 9.59 Å². The van der Waals surface area contributed by atoms with Crippen molar-refractivity contribution < 1.29 is 19.5 Å². The summed E-state index contributed by atoms with van der Waals surface area (Å²) in [4.78, 5) is 40.3. The van der Waals surface area contributed by atoms with Crippen molar-refractivity contribution in [3.8, 4) is 0 Å². The summed E-state index contributed by atoms with van der Waals surface area (Å²) in [5.74, 6) is -0.0765. The van der Waals surface area contributed by atoms with Gasteiger partial charge < -0.3 is 26.0 Å². The van der Waals surface area contributed by atoms with Crippen molar-refractivity contribution >= 4 is 52.4 Å². The summed E-state index contributed by atoms with van der Waals surface area (Å²) in [5, 5.41) is 19.1. The third-order valence-electron chi connectivity index (χ3n) is 8.42. The first-order chi connectivity index (χ1) is 20.4. The molecule has 5 rings (SSSR count). The van der Waals surface area contributed by atoms with Gasteiger partial charge in [-0.05, 0) is 91.1 Å². The molecule has 3 aromatic rings. The second-order valence-electron chi connectivity index (χ2n) is 12.4. The van der Waals surface area contributed by atoms with E-state index in [2.05, 4.69) is 36.7 Å². The number of halogens is 2. The standard InChI is InChI=1S/C33H36Cl2N4O4/c1-33(2,3)21-8-11-26(12-9-21)39(32(43)37-25-15-22(34)14-23(35)16-25)18-19-4-6-20(7-5-19)29(40)36-24-10-13-27-28(17-24)31(42)38-30(27)41/h4-7,10,13-17,21,26,31,42H,8-9,11-12,18H2,1-3H3,(H,36,40)(H,37,43)(H,38,41). The number of fused-ring (bicyclic) bond motifs is 1. The summed E-state index contributed by atoms with van der Waals surface area (Å²) in [6.45, 7) is 7.19. The zero-order valence-corrected chi connectivity index (χ0v) is 25.9. The quantitative estimate of drug-likeness (QED) is 0.226. The number of urea groups is 1. The van der Waals surface area contributed by atoms with Crippen LogP contribution in [0.4, 0.5) is 16.2 Å². The molecule has 1 unspecified atom stereocenters. The lowest BCUT2D eigenvalue weighted by atomic mass is 9.71. The predicted molar refractivity (Wildman–Crippen MR) is 169 cm³/mol. The number of hydrogen-bond acceptors (Lipinski definition) is 4. The van der Waals surface area contributed by atoms with E-state index in [0.717, 1.165) is 31.2 Å². The number of nitrogens with one attached hydrogen (secondary N) is 3. The van der Waals surface area contributed by atoms with Crippen LogP contribution in [0, 0.1) is 11.3 Å². The largest absolute Gasteiger partial charge is 0.369 e. The highest BCUT2D eigenvalue weighted by Crippen LogP contribution is 2.39. The predicted octanol–water partition coefficient (Wildman–Crippen LogP) is 7.62. The lowest BCUT2D eigenvalue weighted by Gasteiger charge is -2.41. The average Bonchev–Trinajstić information content (AvgIpc) is 3.23. The van der Waals surface area contributed by atoms with E-state index in [9.17, 15) is 19.5 Å². The number of hydrogen-bond donors (Lipinski definition) is 4. The topological polar surface area (TPSA) is 111 Å². The number of nitrogens with zero attached hydrogens (tertiary/aromatic N) is 1. The molecule has 2 aliphatic rings. The fraction of sp³-hybridized carbons (Fsp3) is 0.364. The smallest absolute Gasteiger partial charge is 0.322 e. The number of aliphatic hydroxyl groups is 1. The van der Waals surface area contributed by atoms with Crippen LogP contribution >= 0.6 is 23.2 Å². The fourth-order valence-electron chi connectivity index (χ4n) is 5.96. The molecule has 8 nitrogen and oxygen atoms in total. The molecular formula is C33H36Cl2N4O4.